The first-order chi connectivity index (χ1) is 13.0. The van der Waals surface area contributed by atoms with Crippen LogP contribution in [0, 0.1) is 12.7 Å². The molecule has 0 saturated heterocycles. The molecule has 0 bridgehead atoms. The van der Waals surface area contributed by atoms with Crippen LogP contribution in [0.4, 0.5) is 4.39 Å². The number of halogens is 1. The number of rotatable bonds is 3. The highest BCUT2D eigenvalue weighted by Gasteiger charge is 2.17. The first kappa shape index (κ1) is 17.9. The summed E-state index contributed by atoms with van der Waals surface area (Å²) in [6, 6.07) is 11.7. The van der Waals surface area contributed by atoms with Crippen LogP contribution in [-0.4, -0.2) is 26.6 Å². The zero-order valence-corrected chi connectivity index (χ0v) is 14.1. The molecule has 3 rings (SSSR count). The predicted octanol–water partition coefficient (Wildman–Crippen LogP) is 1.15. The molecule has 3 aromatic rings. The van der Waals surface area contributed by atoms with Crippen LogP contribution in [0.1, 0.15) is 26.7 Å². The Balaban J connectivity index is 1.85. The molecule has 8 nitrogen and oxygen atoms in total. The maximum absolute atomic E-state index is 14.0. The quantitative estimate of drug-likeness (QED) is 0.676. The number of nitrogens with zero attached hydrogens (tertiary/aromatic N) is 3. The molecule has 0 aliphatic carbocycles. The van der Waals surface area contributed by atoms with Gasteiger partial charge in [0.25, 0.3) is 11.8 Å². The zero-order chi connectivity index (χ0) is 19.4. The number of aryl methyl sites for hydroxylation is 1. The standard InChI is InChI=1S/C18H14FN5O3/c1-11-10-15(25)16(23-24(11)14-8-3-2-6-12(14)19)18(27)22-21-17(26)13-7-4-5-9-20-13/h2-10H,1H3,(H,21,26)(H,22,27). The lowest BCUT2D eigenvalue weighted by molar-refractivity contribution is 0.0839. The summed E-state index contributed by atoms with van der Waals surface area (Å²) in [5, 5.41) is 3.94. The highest BCUT2D eigenvalue weighted by atomic mass is 19.1. The van der Waals surface area contributed by atoms with E-state index in [4.69, 9.17) is 0 Å². The van der Waals surface area contributed by atoms with Gasteiger partial charge in [-0.05, 0) is 31.2 Å². The van der Waals surface area contributed by atoms with Gasteiger partial charge in [-0.3, -0.25) is 30.2 Å². The van der Waals surface area contributed by atoms with Crippen molar-refractivity contribution in [3.05, 3.63) is 87.9 Å². The van der Waals surface area contributed by atoms with E-state index in [1.165, 1.54) is 30.5 Å². The number of para-hydroxylation sites is 1. The number of hydrogen-bond acceptors (Lipinski definition) is 5. The molecule has 2 amide bonds. The molecular weight excluding hydrogens is 353 g/mol. The Labute approximate surface area is 152 Å². The fraction of sp³-hybridized carbons (Fsp3) is 0.0556. The van der Waals surface area contributed by atoms with E-state index in [9.17, 15) is 18.8 Å². The lowest BCUT2D eigenvalue weighted by Gasteiger charge is -2.12. The molecule has 136 valence electrons. The van der Waals surface area contributed by atoms with E-state index in [0.29, 0.717) is 5.69 Å². The van der Waals surface area contributed by atoms with E-state index in [-0.39, 0.29) is 11.4 Å². The van der Waals surface area contributed by atoms with Crippen LogP contribution in [-0.2, 0) is 0 Å². The van der Waals surface area contributed by atoms with E-state index in [1.807, 2.05) is 0 Å². The summed E-state index contributed by atoms with van der Waals surface area (Å²) in [5.74, 6) is -2.16. The van der Waals surface area contributed by atoms with Gasteiger partial charge in [-0.15, -0.1) is 0 Å². The van der Waals surface area contributed by atoms with Crippen LogP contribution in [0.2, 0.25) is 0 Å². The zero-order valence-electron chi connectivity index (χ0n) is 14.1. The molecule has 0 aliphatic heterocycles. The van der Waals surface area contributed by atoms with Gasteiger partial charge in [-0.25, -0.2) is 9.07 Å². The number of benzene rings is 1. The summed E-state index contributed by atoms with van der Waals surface area (Å²) in [5.41, 5.74) is 3.60. The van der Waals surface area contributed by atoms with Crippen molar-refractivity contribution in [3.63, 3.8) is 0 Å². The van der Waals surface area contributed by atoms with E-state index < -0.39 is 28.8 Å². The van der Waals surface area contributed by atoms with Gasteiger partial charge in [0.2, 0.25) is 5.43 Å². The average Bonchev–Trinajstić information content (AvgIpc) is 2.67. The highest BCUT2D eigenvalue weighted by molar-refractivity contribution is 5.97. The third kappa shape index (κ3) is 3.87. The lowest BCUT2D eigenvalue weighted by atomic mass is 10.2. The molecule has 0 unspecified atom stereocenters. The van der Waals surface area contributed by atoms with E-state index in [1.54, 1.807) is 25.1 Å². The van der Waals surface area contributed by atoms with E-state index in [0.717, 1.165) is 10.7 Å². The van der Waals surface area contributed by atoms with Crippen molar-refractivity contribution >= 4 is 11.8 Å². The summed E-state index contributed by atoms with van der Waals surface area (Å²) in [4.78, 5) is 40.1. The van der Waals surface area contributed by atoms with Crippen LogP contribution in [0.5, 0.6) is 0 Å². The third-order valence-electron chi connectivity index (χ3n) is 3.59. The number of aromatic nitrogens is 3. The van der Waals surface area contributed by atoms with Gasteiger partial charge in [0.15, 0.2) is 5.69 Å². The maximum atomic E-state index is 14.0. The maximum Gasteiger partial charge on any atom is 0.294 e. The molecular formula is C18H14FN5O3. The number of hydrazine groups is 1. The number of nitrogens with one attached hydrogen (secondary N) is 2. The van der Waals surface area contributed by atoms with Crippen molar-refractivity contribution in [1.29, 1.82) is 0 Å². The minimum absolute atomic E-state index is 0.0819. The minimum atomic E-state index is -0.936. The molecule has 0 aliphatic rings. The minimum Gasteiger partial charge on any atom is -0.287 e. The van der Waals surface area contributed by atoms with Crippen molar-refractivity contribution in [2.24, 2.45) is 0 Å². The normalized spacial score (nSPS) is 10.3. The number of amides is 2. The van der Waals surface area contributed by atoms with Crippen LogP contribution in [0.25, 0.3) is 5.69 Å². The second-order valence-electron chi connectivity index (χ2n) is 5.49. The Bertz CT molecular complexity index is 1070. The summed E-state index contributed by atoms with van der Waals surface area (Å²) in [6.07, 6.45) is 1.42. The smallest absolute Gasteiger partial charge is 0.287 e. The molecule has 0 saturated carbocycles. The largest absolute Gasteiger partial charge is 0.294 e. The SMILES string of the molecule is Cc1cc(=O)c(C(=O)NNC(=O)c2ccccn2)nn1-c1ccccc1F. The molecule has 0 atom stereocenters. The van der Waals surface area contributed by atoms with Crippen molar-refractivity contribution in [2.75, 3.05) is 0 Å². The van der Waals surface area contributed by atoms with E-state index >= 15 is 0 Å². The summed E-state index contributed by atoms with van der Waals surface area (Å²) < 4.78 is 15.2. The molecule has 2 heterocycles. The number of pyridine rings is 1. The molecule has 2 aromatic heterocycles. The number of hydrogen-bond donors (Lipinski definition) is 2. The fourth-order valence-corrected chi connectivity index (χ4v) is 2.31. The van der Waals surface area contributed by atoms with Crippen LogP contribution in [0.3, 0.4) is 0 Å². The Morgan fingerprint density at radius 1 is 1.04 bits per heavy atom. The van der Waals surface area contributed by atoms with Gasteiger partial charge in [0, 0.05) is 18.0 Å². The second-order valence-corrected chi connectivity index (χ2v) is 5.49. The molecule has 9 heteroatoms. The summed E-state index contributed by atoms with van der Waals surface area (Å²) in [6.45, 7) is 1.56. The highest BCUT2D eigenvalue weighted by Crippen LogP contribution is 2.12. The summed E-state index contributed by atoms with van der Waals surface area (Å²) in [7, 11) is 0. The van der Waals surface area contributed by atoms with Crippen molar-refractivity contribution in [3.8, 4) is 5.69 Å². The molecule has 0 spiro atoms. The Morgan fingerprint density at radius 3 is 2.44 bits per heavy atom. The fourth-order valence-electron chi connectivity index (χ4n) is 2.31. The Morgan fingerprint density at radius 2 is 1.74 bits per heavy atom. The van der Waals surface area contributed by atoms with Gasteiger partial charge in [0.1, 0.15) is 17.2 Å². The number of carbonyl (C=O) groups is 2. The van der Waals surface area contributed by atoms with Crippen LogP contribution < -0.4 is 16.3 Å². The predicted molar refractivity (Wildman–Crippen MR) is 93.7 cm³/mol. The monoisotopic (exact) mass is 367 g/mol. The third-order valence-corrected chi connectivity index (χ3v) is 3.59. The first-order valence-electron chi connectivity index (χ1n) is 7.85. The van der Waals surface area contributed by atoms with Gasteiger partial charge in [-0.2, -0.15) is 5.10 Å². The van der Waals surface area contributed by atoms with Crippen LogP contribution in [0.15, 0.2) is 59.5 Å². The average molecular weight is 367 g/mol. The van der Waals surface area contributed by atoms with E-state index in [2.05, 4.69) is 20.9 Å². The van der Waals surface area contributed by atoms with Crippen molar-refractivity contribution in [2.45, 2.75) is 6.92 Å². The van der Waals surface area contributed by atoms with Crippen molar-refractivity contribution in [1.82, 2.24) is 25.6 Å². The lowest BCUT2D eigenvalue weighted by Crippen LogP contribution is -2.44. The first-order valence-corrected chi connectivity index (χ1v) is 7.85. The Hall–Kier alpha value is -3.88. The second kappa shape index (κ2) is 7.56. The van der Waals surface area contributed by atoms with Gasteiger partial charge >= 0.3 is 0 Å². The molecule has 1 aromatic carbocycles. The van der Waals surface area contributed by atoms with Gasteiger partial charge in [0.05, 0.1) is 0 Å². The van der Waals surface area contributed by atoms with Crippen molar-refractivity contribution < 1.29 is 14.0 Å². The molecule has 0 radical (unpaired) electrons. The molecule has 27 heavy (non-hydrogen) atoms. The Kier molecular flexibility index (Phi) is 5.02. The molecule has 2 N–H and O–H groups in total. The van der Waals surface area contributed by atoms with Gasteiger partial charge < -0.3 is 0 Å². The summed E-state index contributed by atoms with van der Waals surface area (Å²) >= 11 is 0. The number of carbonyl (C=O) groups excluding carboxylic acids is 2. The topological polar surface area (TPSA) is 106 Å². The molecule has 0 fully saturated rings. The van der Waals surface area contributed by atoms with Crippen LogP contribution >= 0.6 is 0 Å². The van der Waals surface area contributed by atoms with Gasteiger partial charge in [-0.1, -0.05) is 18.2 Å².